The molecule has 0 saturated heterocycles. The molecule has 174 valence electrons. The quantitative estimate of drug-likeness (QED) is 0.204. The van der Waals surface area contributed by atoms with Gasteiger partial charge in [0.2, 0.25) is 10.0 Å². The molecule has 2 unspecified atom stereocenters. The zero-order valence-electron chi connectivity index (χ0n) is 17.5. The molecule has 2 aromatic rings. The van der Waals surface area contributed by atoms with Crippen LogP contribution in [0.1, 0.15) is 6.42 Å². The molecule has 3 rings (SSSR count). The number of nitrogens with one attached hydrogen (secondary N) is 1. The van der Waals surface area contributed by atoms with Gasteiger partial charge in [0.25, 0.3) is 5.91 Å². The summed E-state index contributed by atoms with van der Waals surface area (Å²) in [6, 6.07) is 14.7. The van der Waals surface area contributed by atoms with Gasteiger partial charge in [0.1, 0.15) is 11.8 Å². The first kappa shape index (κ1) is 25.8. The van der Waals surface area contributed by atoms with Gasteiger partial charge in [-0.25, -0.2) is 19.8 Å². The van der Waals surface area contributed by atoms with E-state index in [1.54, 1.807) is 35.5 Å². The van der Waals surface area contributed by atoms with Crippen LogP contribution in [0.25, 0.3) is 0 Å². The summed E-state index contributed by atoms with van der Waals surface area (Å²) in [4.78, 5) is 13.7. The number of rotatable bonds is 7. The van der Waals surface area contributed by atoms with Gasteiger partial charge < -0.3 is 9.94 Å². The first-order valence-electron chi connectivity index (χ1n) is 9.66. The topological polar surface area (TPSA) is 142 Å². The lowest BCUT2D eigenvalue weighted by molar-refractivity contribution is -0.134. The average molecular weight is 482 g/mol. The van der Waals surface area contributed by atoms with Gasteiger partial charge >= 0.3 is 0 Å². The maximum atomic E-state index is 13.4. The number of hydrogen-bond acceptors (Lipinski definition) is 8. The van der Waals surface area contributed by atoms with Crippen molar-refractivity contribution in [1.82, 2.24) is 9.79 Å². The number of benzene rings is 2. The third-order valence-electron chi connectivity index (χ3n) is 4.90. The van der Waals surface area contributed by atoms with Crippen LogP contribution < -0.4 is 16.1 Å². The van der Waals surface area contributed by atoms with Crippen molar-refractivity contribution in [2.24, 2.45) is 11.8 Å². The van der Waals surface area contributed by atoms with Crippen LogP contribution in [0.4, 0.5) is 0 Å². The third kappa shape index (κ3) is 6.31. The second kappa shape index (κ2) is 12.6. The molecule has 1 aliphatic rings. The molecular formula is C21H27N3O6S2. The second-order valence-corrected chi connectivity index (χ2v) is 9.75. The Bertz CT molecular complexity index is 984. The van der Waals surface area contributed by atoms with E-state index in [1.807, 2.05) is 36.4 Å². The van der Waals surface area contributed by atoms with Crippen molar-refractivity contribution in [3.8, 4) is 5.75 Å². The lowest BCUT2D eigenvalue weighted by Crippen LogP contribution is -2.52. The van der Waals surface area contributed by atoms with Crippen LogP contribution in [0.15, 0.2) is 76.5 Å². The molecule has 1 aliphatic heterocycles. The van der Waals surface area contributed by atoms with Crippen molar-refractivity contribution in [2.75, 3.05) is 19.4 Å². The Labute approximate surface area is 191 Å². The Kier molecular flexibility index (Phi) is 10.2. The summed E-state index contributed by atoms with van der Waals surface area (Å²) < 4.78 is 33.0. The Hall–Kier alpha value is -2.41. The van der Waals surface area contributed by atoms with Crippen LogP contribution in [0, 0.1) is 5.92 Å². The standard InChI is InChI=1S/C21H24N2O5S2.H3NO/c1-28-17-10-12-19(13-11-17)30(26,27)23-14-6-5-7-16(20(23)21(24)22-25)15-29-18-8-3-2-4-9-18;1-2/h2-6,8-13,16,20,25H,7,14-15H2,1H3,(H,22,24);2H,1H2. The van der Waals surface area contributed by atoms with Gasteiger partial charge in [-0.2, -0.15) is 4.31 Å². The predicted molar refractivity (Wildman–Crippen MR) is 121 cm³/mol. The molecule has 5 N–H and O–H groups in total. The number of sulfonamides is 1. The number of ether oxygens (including phenoxy) is 1. The number of nitrogens with two attached hydrogens (primary N) is 1. The molecule has 0 bridgehead atoms. The van der Waals surface area contributed by atoms with Gasteiger partial charge in [-0.15, -0.1) is 11.8 Å². The Morgan fingerprint density at radius 1 is 1.16 bits per heavy atom. The summed E-state index contributed by atoms with van der Waals surface area (Å²) in [7, 11) is -2.49. The number of methoxy groups -OCH3 is 1. The molecule has 1 amide bonds. The largest absolute Gasteiger partial charge is 0.497 e. The molecule has 0 aromatic heterocycles. The van der Waals surface area contributed by atoms with Gasteiger partial charge in [-0.1, -0.05) is 30.4 Å². The summed E-state index contributed by atoms with van der Waals surface area (Å²) in [5, 5.41) is 15.8. The number of thioether (sulfide) groups is 1. The molecule has 1 heterocycles. The number of carbonyl (C=O) groups is 1. The van der Waals surface area contributed by atoms with E-state index in [1.165, 1.54) is 19.2 Å². The number of amides is 1. The van der Waals surface area contributed by atoms with Gasteiger partial charge in [0.15, 0.2) is 0 Å². The average Bonchev–Trinajstić information content (AvgIpc) is 3.07. The normalized spacial score (nSPS) is 18.8. The Balaban J connectivity index is 0.00000176. The van der Waals surface area contributed by atoms with E-state index in [-0.39, 0.29) is 17.4 Å². The summed E-state index contributed by atoms with van der Waals surface area (Å²) in [5.41, 5.74) is 1.66. The molecule has 0 aliphatic carbocycles. The minimum Gasteiger partial charge on any atom is -0.497 e. The van der Waals surface area contributed by atoms with E-state index in [0.717, 1.165) is 9.20 Å². The SMILES string of the molecule is COc1ccc(S(=O)(=O)N2CC=CCC(CSc3ccccc3)C2C(=O)NO)cc1.NO. The van der Waals surface area contributed by atoms with Crippen molar-refractivity contribution in [2.45, 2.75) is 22.3 Å². The molecule has 2 atom stereocenters. The maximum absolute atomic E-state index is 13.4. The van der Waals surface area contributed by atoms with Crippen molar-refractivity contribution in [3.05, 3.63) is 66.7 Å². The monoisotopic (exact) mass is 481 g/mol. The van der Waals surface area contributed by atoms with Gasteiger partial charge in [0, 0.05) is 17.2 Å². The van der Waals surface area contributed by atoms with Gasteiger partial charge in [-0.05, 0) is 48.7 Å². The minimum absolute atomic E-state index is 0.0406. The zero-order valence-corrected chi connectivity index (χ0v) is 19.1. The van der Waals surface area contributed by atoms with Crippen molar-refractivity contribution in [1.29, 1.82) is 0 Å². The Morgan fingerprint density at radius 2 is 1.81 bits per heavy atom. The number of allylic oxidation sites excluding steroid dienone is 1. The molecule has 0 fully saturated rings. The molecule has 0 saturated carbocycles. The lowest BCUT2D eigenvalue weighted by Gasteiger charge is -2.32. The summed E-state index contributed by atoms with van der Waals surface area (Å²) >= 11 is 1.55. The Morgan fingerprint density at radius 3 is 2.41 bits per heavy atom. The summed E-state index contributed by atoms with van der Waals surface area (Å²) in [6.07, 6.45) is 4.15. The van der Waals surface area contributed by atoms with Gasteiger partial charge in [0.05, 0.1) is 12.0 Å². The van der Waals surface area contributed by atoms with E-state index in [0.29, 0.717) is 17.9 Å². The van der Waals surface area contributed by atoms with E-state index in [9.17, 15) is 18.4 Å². The molecule has 2 aromatic carbocycles. The highest BCUT2D eigenvalue weighted by molar-refractivity contribution is 7.99. The minimum atomic E-state index is -3.99. The number of hydrogen-bond donors (Lipinski definition) is 4. The van der Waals surface area contributed by atoms with Crippen LogP contribution in [0.3, 0.4) is 0 Å². The van der Waals surface area contributed by atoms with E-state index >= 15 is 0 Å². The molecular weight excluding hydrogens is 454 g/mol. The van der Waals surface area contributed by atoms with Gasteiger partial charge in [-0.3, -0.25) is 10.0 Å². The van der Waals surface area contributed by atoms with E-state index in [2.05, 4.69) is 5.90 Å². The number of carbonyl (C=O) groups excluding carboxylic acids is 1. The molecule has 32 heavy (non-hydrogen) atoms. The highest BCUT2D eigenvalue weighted by Gasteiger charge is 2.41. The highest BCUT2D eigenvalue weighted by atomic mass is 32.2. The lowest BCUT2D eigenvalue weighted by atomic mass is 9.98. The van der Waals surface area contributed by atoms with Crippen molar-refractivity contribution < 1.29 is 28.4 Å². The molecule has 11 heteroatoms. The fourth-order valence-corrected chi connectivity index (χ4v) is 6.02. The third-order valence-corrected chi connectivity index (χ3v) is 7.96. The predicted octanol–water partition coefficient (Wildman–Crippen LogP) is 2.26. The van der Waals surface area contributed by atoms with E-state index < -0.39 is 22.0 Å². The summed E-state index contributed by atoms with van der Waals surface area (Å²) in [6.45, 7) is 0.0406. The second-order valence-electron chi connectivity index (χ2n) is 6.76. The molecule has 9 nitrogen and oxygen atoms in total. The van der Waals surface area contributed by atoms with Crippen LogP contribution in [-0.2, 0) is 14.8 Å². The number of nitrogens with zero attached hydrogens (tertiary/aromatic N) is 1. The van der Waals surface area contributed by atoms with Crippen LogP contribution in [0.2, 0.25) is 0 Å². The first-order chi connectivity index (χ1) is 15.5. The first-order valence-corrected chi connectivity index (χ1v) is 12.1. The summed E-state index contributed by atoms with van der Waals surface area (Å²) in [5.74, 6) is 3.48. The fraction of sp³-hybridized carbons (Fsp3) is 0.286. The molecule has 0 spiro atoms. The van der Waals surface area contributed by atoms with Crippen LogP contribution in [0.5, 0.6) is 5.75 Å². The van der Waals surface area contributed by atoms with E-state index in [4.69, 9.17) is 9.94 Å². The smallest absolute Gasteiger partial charge is 0.262 e. The van der Waals surface area contributed by atoms with Crippen LogP contribution in [-0.4, -0.2) is 54.5 Å². The van der Waals surface area contributed by atoms with Crippen molar-refractivity contribution in [3.63, 3.8) is 0 Å². The van der Waals surface area contributed by atoms with Crippen molar-refractivity contribution >= 4 is 27.7 Å². The molecule has 0 radical (unpaired) electrons. The van der Waals surface area contributed by atoms with Crippen LogP contribution >= 0.6 is 11.8 Å². The maximum Gasteiger partial charge on any atom is 0.262 e. The number of hydroxylamine groups is 1. The zero-order chi connectivity index (χ0) is 23.6. The highest BCUT2D eigenvalue weighted by Crippen LogP contribution is 2.31. The fourth-order valence-electron chi connectivity index (χ4n) is 3.35.